The predicted octanol–water partition coefficient (Wildman–Crippen LogP) is 2.26. The van der Waals surface area contributed by atoms with E-state index >= 15 is 0 Å². The summed E-state index contributed by atoms with van der Waals surface area (Å²) in [6.07, 6.45) is 3.50. The van der Waals surface area contributed by atoms with E-state index in [9.17, 15) is 9.59 Å². The minimum absolute atomic E-state index is 0.00529. The molecule has 1 unspecified atom stereocenters. The molecule has 3 aromatic rings. The van der Waals surface area contributed by atoms with E-state index in [2.05, 4.69) is 15.0 Å². The summed E-state index contributed by atoms with van der Waals surface area (Å²) >= 11 is 5.79. The smallest absolute Gasteiger partial charge is 0.266 e. The van der Waals surface area contributed by atoms with Crippen LogP contribution in [0.1, 0.15) is 16.8 Å². The number of para-hydroxylation sites is 2. The molecule has 1 aliphatic heterocycles. The number of carbonyl (C=O) groups is 1. The Morgan fingerprint density at radius 3 is 2.92 bits per heavy atom. The summed E-state index contributed by atoms with van der Waals surface area (Å²) in [6.45, 7) is 0.991. The molecule has 0 bridgehead atoms. The number of likely N-dealkylation sites (tertiary alicyclic amines) is 1. The molecule has 1 aliphatic rings. The van der Waals surface area contributed by atoms with Gasteiger partial charge in [0.2, 0.25) is 5.88 Å². The van der Waals surface area contributed by atoms with Gasteiger partial charge in [-0.05, 0) is 18.2 Å². The van der Waals surface area contributed by atoms with Crippen LogP contribution in [0, 0.1) is 0 Å². The molecular formula is C18H15ClN4O3. The fourth-order valence-electron chi connectivity index (χ4n) is 2.94. The second-order valence-electron chi connectivity index (χ2n) is 6.04. The summed E-state index contributed by atoms with van der Waals surface area (Å²) in [4.78, 5) is 36.8. The van der Waals surface area contributed by atoms with Gasteiger partial charge in [-0.2, -0.15) is 0 Å². The van der Waals surface area contributed by atoms with Crippen LogP contribution < -0.4 is 10.3 Å². The maximum absolute atomic E-state index is 12.5. The number of rotatable bonds is 3. The Labute approximate surface area is 153 Å². The molecule has 0 saturated carbocycles. The Kier molecular flexibility index (Phi) is 4.30. The highest BCUT2D eigenvalue weighted by atomic mass is 35.5. The summed E-state index contributed by atoms with van der Waals surface area (Å²) < 4.78 is 5.89. The molecule has 1 aromatic carbocycles. The third-order valence-corrected chi connectivity index (χ3v) is 4.53. The fourth-order valence-corrected chi connectivity index (χ4v) is 3.11. The summed E-state index contributed by atoms with van der Waals surface area (Å²) in [6, 6.07) is 8.94. The lowest BCUT2D eigenvalue weighted by Gasteiger charge is -2.17. The molecule has 1 amide bonds. The number of hydrogen-bond donors (Lipinski definition) is 1. The lowest BCUT2D eigenvalue weighted by atomic mass is 10.2. The van der Waals surface area contributed by atoms with Crippen molar-refractivity contribution < 1.29 is 9.53 Å². The molecule has 0 radical (unpaired) electrons. The van der Waals surface area contributed by atoms with Crippen LogP contribution in [0.5, 0.6) is 5.88 Å². The van der Waals surface area contributed by atoms with Crippen molar-refractivity contribution in [1.82, 2.24) is 19.9 Å². The maximum Gasteiger partial charge on any atom is 0.266 e. The van der Waals surface area contributed by atoms with Gasteiger partial charge in [0.1, 0.15) is 11.1 Å². The van der Waals surface area contributed by atoms with Crippen LogP contribution in [0.3, 0.4) is 0 Å². The first kappa shape index (κ1) is 16.5. The zero-order valence-electron chi connectivity index (χ0n) is 13.7. The Morgan fingerprint density at radius 2 is 2.12 bits per heavy atom. The van der Waals surface area contributed by atoms with Crippen LogP contribution in [0.2, 0.25) is 5.02 Å². The highest BCUT2D eigenvalue weighted by Crippen LogP contribution is 2.20. The van der Waals surface area contributed by atoms with Crippen LogP contribution in [0.25, 0.3) is 11.0 Å². The Morgan fingerprint density at radius 1 is 1.31 bits per heavy atom. The summed E-state index contributed by atoms with van der Waals surface area (Å²) in [5, 5.41) is -0.00529. The van der Waals surface area contributed by atoms with Crippen LogP contribution in [0.15, 0.2) is 47.5 Å². The van der Waals surface area contributed by atoms with E-state index in [-0.39, 0.29) is 17.0 Å². The average molecular weight is 371 g/mol. The van der Waals surface area contributed by atoms with Crippen molar-refractivity contribution in [3.63, 3.8) is 0 Å². The molecule has 0 spiro atoms. The van der Waals surface area contributed by atoms with Crippen LogP contribution in [-0.4, -0.2) is 45.0 Å². The maximum atomic E-state index is 12.5. The number of nitrogens with one attached hydrogen (secondary N) is 1. The quantitative estimate of drug-likeness (QED) is 0.764. The molecule has 3 heterocycles. The number of H-pyrrole nitrogens is 1. The molecule has 1 atom stereocenters. The van der Waals surface area contributed by atoms with Crippen LogP contribution in [0.4, 0.5) is 0 Å². The Balaban J connectivity index is 1.44. The summed E-state index contributed by atoms with van der Waals surface area (Å²) in [5.41, 5.74) is 1.50. The fraction of sp³-hybridized carbons (Fsp3) is 0.222. The van der Waals surface area contributed by atoms with E-state index in [4.69, 9.17) is 16.3 Å². The highest BCUT2D eigenvalue weighted by molar-refractivity contribution is 6.30. The molecule has 4 rings (SSSR count). The highest BCUT2D eigenvalue weighted by Gasteiger charge is 2.29. The second-order valence-corrected chi connectivity index (χ2v) is 6.45. The second kappa shape index (κ2) is 6.76. The molecule has 1 N–H and O–H groups in total. The van der Waals surface area contributed by atoms with Crippen molar-refractivity contribution in [2.45, 2.75) is 12.5 Å². The number of benzene rings is 1. The first-order valence-electron chi connectivity index (χ1n) is 8.16. The van der Waals surface area contributed by atoms with E-state index in [1.807, 2.05) is 24.3 Å². The normalized spacial score (nSPS) is 16.8. The monoisotopic (exact) mass is 370 g/mol. The van der Waals surface area contributed by atoms with Crippen molar-refractivity contribution >= 4 is 28.5 Å². The van der Waals surface area contributed by atoms with Gasteiger partial charge in [-0.15, -0.1) is 0 Å². The number of ether oxygens (including phenoxy) is 1. The average Bonchev–Trinajstić information content (AvgIpc) is 3.12. The van der Waals surface area contributed by atoms with Gasteiger partial charge in [-0.25, -0.2) is 9.97 Å². The van der Waals surface area contributed by atoms with Gasteiger partial charge in [0, 0.05) is 19.2 Å². The van der Waals surface area contributed by atoms with Crippen molar-refractivity contribution in [2.75, 3.05) is 13.1 Å². The third-order valence-electron chi connectivity index (χ3n) is 4.25. The van der Waals surface area contributed by atoms with E-state index < -0.39 is 5.56 Å². The molecular weight excluding hydrogens is 356 g/mol. The van der Waals surface area contributed by atoms with Crippen molar-refractivity contribution in [2.24, 2.45) is 0 Å². The number of halogens is 1. The van der Waals surface area contributed by atoms with Crippen LogP contribution in [-0.2, 0) is 0 Å². The number of carbonyl (C=O) groups excluding carboxylic acids is 1. The molecule has 1 fully saturated rings. The minimum atomic E-state index is -0.416. The first-order chi connectivity index (χ1) is 12.6. The van der Waals surface area contributed by atoms with Gasteiger partial charge in [0.15, 0.2) is 0 Å². The van der Waals surface area contributed by atoms with Crippen LogP contribution >= 0.6 is 11.6 Å². The zero-order chi connectivity index (χ0) is 18.1. The molecule has 1 saturated heterocycles. The van der Waals surface area contributed by atoms with E-state index in [0.29, 0.717) is 31.0 Å². The van der Waals surface area contributed by atoms with E-state index in [1.54, 1.807) is 11.1 Å². The minimum Gasteiger partial charge on any atom is -0.471 e. The first-order valence-corrected chi connectivity index (χ1v) is 8.54. The number of nitrogens with zero attached hydrogens (tertiary/aromatic N) is 3. The Hall–Kier alpha value is -2.93. The number of hydrogen-bond acceptors (Lipinski definition) is 5. The molecule has 26 heavy (non-hydrogen) atoms. The van der Waals surface area contributed by atoms with E-state index in [1.165, 1.54) is 12.3 Å². The number of aromatic nitrogens is 3. The van der Waals surface area contributed by atoms with Gasteiger partial charge < -0.3 is 14.6 Å². The van der Waals surface area contributed by atoms with Gasteiger partial charge in [0.05, 0.1) is 29.3 Å². The third kappa shape index (κ3) is 3.25. The molecule has 132 valence electrons. The molecule has 7 nitrogen and oxygen atoms in total. The van der Waals surface area contributed by atoms with Gasteiger partial charge in [-0.1, -0.05) is 23.7 Å². The molecule has 2 aromatic heterocycles. The standard InChI is InChI=1S/C18H15ClN4O3/c19-13-7-11(8-21-17(13)24)18(25)23-6-5-12(10-23)26-16-9-20-14-3-1-2-4-15(14)22-16/h1-4,7-9,12H,5-6,10H2,(H,21,24). The Bertz CT molecular complexity index is 1040. The number of fused-ring (bicyclic) bond motifs is 1. The lowest BCUT2D eigenvalue weighted by Crippen LogP contribution is -2.31. The number of pyridine rings is 1. The van der Waals surface area contributed by atoms with Gasteiger partial charge in [0.25, 0.3) is 11.5 Å². The molecule has 8 heteroatoms. The predicted molar refractivity (Wildman–Crippen MR) is 96.5 cm³/mol. The largest absolute Gasteiger partial charge is 0.471 e. The lowest BCUT2D eigenvalue weighted by molar-refractivity contribution is 0.0770. The summed E-state index contributed by atoms with van der Waals surface area (Å²) in [5.74, 6) is 0.244. The van der Waals surface area contributed by atoms with Crippen molar-refractivity contribution in [3.05, 3.63) is 63.7 Å². The topological polar surface area (TPSA) is 88.2 Å². The summed E-state index contributed by atoms with van der Waals surface area (Å²) in [7, 11) is 0. The van der Waals surface area contributed by atoms with Crippen molar-refractivity contribution in [3.8, 4) is 5.88 Å². The van der Waals surface area contributed by atoms with Crippen molar-refractivity contribution in [1.29, 1.82) is 0 Å². The molecule has 0 aliphatic carbocycles. The SMILES string of the molecule is O=C(c1c[nH]c(=O)c(Cl)c1)N1CCC(Oc2cnc3ccccc3n2)C1. The number of amides is 1. The van der Waals surface area contributed by atoms with Gasteiger partial charge >= 0.3 is 0 Å². The van der Waals surface area contributed by atoms with E-state index in [0.717, 1.165) is 11.0 Å². The zero-order valence-corrected chi connectivity index (χ0v) is 14.4. The van der Waals surface area contributed by atoms with Gasteiger partial charge in [-0.3, -0.25) is 9.59 Å². The number of aromatic amines is 1.